The van der Waals surface area contributed by atoms with Crippen LogP contribution in [-0.4, -0.2) is 42.4 Å². The fraction of sp³-hybridized carbons (Fsp3) is 0.600. The van der Waals surface area contributed by atoms with Gasteiger partial charge in [-0.1, -0.05) is 12.1 Å². The normalized spacial score (nSPS) is 24.9. The quantitative estimate of drug-likeness (QED) is 0.889. The van der Waals surface area contributed by atoms with E-state index in [0.29, 0.717) is 18.0 Å². The first kappa shape index (κ1) is 14.4. The van der Waals surface area contributed by atoms with E-state index in [1.807, 2.05) is 7.05 Å². The SMILES string of the molecule is CC1OCCC1N(C)CCC(O)c1cccc(F)c1. The van der Waals surface area contributed by atoms with Crippen LogP contribution in [0.1, 0.15) is 31.4 Å². The van der Waals surface area contributed by atoms with Gasteiger partial charge in [-0.05, 0) is 44.5 Å². The molecular weight excluding hydrogens is 245 g/mol. The van der Waals surface area contributed by atoms with Crippen molar-refractivity contribution in [2.75, 3.05) is 20.2 Å². The minimum absolute atomic E-state index is 0.247. The molecule has 1 aromatic carbocycles. The first-order valence-corrected chi connectivity index (χ1v) is 6.83. The van der Waals surface area contributed by atoms with E-state index in [1.165, 1.54) is 12.1 Å². The van der Waals surface area contributed by atoms with Crippen LogP contribution in [0, 0.1) is 5.82 Å². The molecule has 0 saturated carbocycles. The van der Waals surface area contributed by atoms with Crippen molar-refractivity contribution in [1.29, 1.82) is 0 Å². The van der Waals surface area contributed by atoms with Crippen LogP contribution < -0.4 is 0 Å². The average molecular weight is 267 g/mol. The van der Waals surface area contributed by atoms with Gasteiger partial charge in [0.1, 0.15) is 5.82 Å². The maximum absolute atomic E-state index is 13.1. The number of hydrogen-bond acceptors (Lipinski definition) is 3. The summed E-state index contributed by atoms with van der Waals surface area (Å²) in [5, 5.41) is 10.1. The summed E-state index contributed by atoms with van der Waals surface area (Å²) < 4.78 is 18.6. The van der Waals surface area contributed by atoms with Gasteiger partial charge >= 0.3 is 0 Å². The number of nitrogens with zero attached hydrogens (tertiary/aromatic N) is 1. The summed E-state index contributed by atoms with van der Waals surface area (Å²) in [6, 6.07) is 6.59. The highest BCUT2D eigenvalue weighted by Crippen LogP contribution is 2.21. The zero-order chi connectivity index (χ0) is 13.8. The van der Waals surface area contributed by atoms with E-state index >= 15 is 0 Å². The van der Waals surface area contributed by atoms with Crippen molar-refractivity contribution in [3.8, 4) is 0 Å². The molecule has 0 spiro atoms. The fourth-order valence-corrected chi connectivity index (χ4v) is 2.67. The molecule has 0 aromatic heterocycles. The minimum Gasteiger partial charge on any atom is -0.388 e. The Bertz CT molecular complexity index is 413. The lowest BCUT2D eigenvalue weighted by atomic mass is 10.1. The van der Waals surface area contributed by atoms with E-state index in [2.05, 4.69) is 11.8 Å². The molecule has 0 bridgehead atoms. The highest BCUT2D eigenvalue weighted by atomic mass is 19.1. The summed E-state index contributed by atoms with van der Waals surface area (Å²) in [6.45, 7) is 3.66. The van der Waals surface area contributed by atoms with Crippen LogP contribution in [0.15, 0.2) is 24.3 Å². The molecule has 1 aliphatic rings. The third-order valence-electron chi connectivity index (χ3n) is 3.89. The molecule has 1 N–H and O–H groups in total. The summed E-state index contributed by atoms with van der Waals surface area (Å²) in [6.07, 6.45) is 1.27. The molecule has 0 amide bonds. The number of hydrogen-bond donors (Lipinski definition) is 1. The molecule has 1 aromatic rings. The van der Waals surface area contributed by atoms with Crippen LogP contribution in [0.4, 0.5) is 4.39 Å². The van der Waals surface area contributed by atoms with Crippen LogP contribution in [0.5, 0.6) is 0 Å². The second-order valence-electron chi connectivity index (χ2n) is 5.27. The highest BCUT2D eigenvalue weighted by molar-refractivity contribution is 5.18. The van der Waals surface area contributed by atoms with E-state index in [0.717, 1.165) is 19.6 Å². The standard InChI is InChI=1S/C15H22FNO2/c1-11-14(7-9-19-11)17(2)8-6-15(18)12-4-3-5-13(16)10-12/h3-5,10-11,14-15,18H,6-9H2,1-2H3. The molecule has 3 nitrogen and oxygen atoms in total. The third-order valence-corrected chi connectivity index (χ3v) is 3.89. The van der Waals surface area contributed by atoms with Crippen molar-refractivity contribution in [2.24, 2.45) is 0 Å². The molecule has 106 valence electrons. The summed E-state index contributed by atoms with van der Waals surface area (Å²) in [5.74, 6) is -0.303. The first-order valence-electron chi connectivity index (χ1n) is 6.83. The van der Waals surface area contributed by atoms with E-state index in [9.17, 15) is 9.50 Å². The average Bonchev–Trinajstić information content (AvgIpc) is 2.82. The predicted molar refractivity (Wildman–Crippen MR) is 72.4 cm³/mol. The number of aliphatic hydroxyl groups excluding tert-OH is 1. The zero-order valence-electron chi connectivity index (χ0n) is 11.6. The van der Waals surface area contributed by atoms with Crippen molar-refractivity contribution in [3.05, 3.63) is 35.6 Å². The first-order chi connectivity index (χ1) is 9.08. The molecule has 3 unspecified atom stereocenters. The van der Waals surface area contributed by atoms with Crippen LogP contribution in [0.3, 0.4) is 0 Å². The Morgan fingerprint density at radius 2 is 2.32 bits per heavy atom. The van der Waals surface area contributed by atoms with Crippen molar-refractivity contribution in [1.82, 2.24) is 4.90 Å². The molecule has 1 aliphatic heterocycles. The number of ether oxygens (including phenoxy) is 1. The number of aliphatic hydroxyl groups is 1. The Balaban J connectivity index is 1.84. The summed E-state index contributed by atoms with van der Waals surface area (Å²) >= 11 is 0. The van der Waals surface area contributed by atoms with Crippen molar-refractivity contribution >= 4 is 0 Å². The van der Waals surface area contributed by atoms with Crippen molar-refractivity contribution in [2.45, 2.75) is 38.0 Å². The maximum Gasteiger partial charge on any atom is 0.123 e. The summed E-state index contributed by atoms with van der Waals surface area (Å²) in [5.41, 5.74) is 0.643. The van der Waals surface area contributed by atoms with Crippen LogP contribution in [0.2, 0.25) is 0 Å². The lowest BCUT2D eigenvalue weighted by Crippen LogP contribution is -2.37. The Morgan fingerprint density at radius 1 is 1.53 bits per heavy atom. The van der Waals surface area contributed by atoms with Gasteiger partial charge in [-0.15, -0.1) is 0 Å². The number of halogens is 1. The molecule has 0 aliphatic carbocycles. The molecule has 19 heavy (non-hydrogen) atoms. The molecule has 1 saturated heterocycles. The fourth-order valence-electron chi connectivity index (χ4n) is 2.67. The Hall–Kier alpha value is -0.970. The van der Waals surface area contributed by atoms with E-state index in [1.54, 1.807) is 12.1 Å². The van der Waals surface area contributed by atoms with Gasteiger partial charge in [-0.3, -0.25) is 0 Å². The van der Waals surface area contributed by atoms with Gasteiger partial charge in [-0.25, -0.2) is 4.39 Å². The predicted octanol–water partition coefficient (Wildman–Crippen LogP) is 2.36. The van der Waals surface area contributed by atoms with Gasteiger partial charge in [0.05, 0.1) is 12.2 Å². The highest BCUT2D eigenvalue weighted by Gasteiger charge is 2.27. The van der Waals surface area contributed by atoms with Gasteiger partial charge in [0, 0.05) is 19.2 Å². The lowest BCUT2D eigenvalue weighted by Gasteiger charge is -2.27. The van der Waals surface area contributed by atoms with Crippen molar-refractivity contribution in [3.63, 3.8) is 0 Å². The van der Waals surface area contributed by atoms with E-state index < -0.39 is 6.10 Å². The van der Waals surface area contributed by atoms with E-state index in [4.69, 9.17) is 4.74 Å². The topological polar surface area (TPSA) is 32.7 Å². The lowest BCUT2D eigenvalue weighted by molar-refractivity contribution is 0.0748. The molecular formula is C15H22FNO2. The maximum atomic E-state index is 13.1. The van der Waals surface area contributed by atoms with E-state index in [-0.39, 0.29) is 11.9 Å². The van der Waals surface area contributed by atoms with Crippen LogP contribution in [0.25, 0.3) is 0 Å². The number of rotatable bonds is 5. The van der Waals surface area contributed by atoms with Gasteiger partial charge < -0.3 is 14.7 Å². The second-order valence-corrected chi connectivity index (χ2v) is 5.27. The molecule has 4 heteroatoms. The molecule has 1 heterocycles. The minimum atomic E-state index is -0.615. The number of benzene rings is 1. The Morgan fingerprint density at radius 3 is 2.95 bits per heavy atom. The summed E-state index contributed by atoms with van der Waals surface area (Å²) in [4.78, 5) is 2.22. The zero-order valence-corrected chi connectivity index (χ0v) is 11.6. The Labute approximate surface area is 114 Å². The molecule has 0 radical (unpaired) electrons. The van der Waals surface area contributed by atoms with Crippen molar-refractivity contribution < 1.29 is 14.2 Å². The smallest absolute Gasteiger partial charge is 0.123 e. The number of likely N-dealkylation sites (N-methyl/N-ethyl adjacent to an activating group) is 1. The molecule has 1 fully saturated rings. The largest absolute Gasteiger partial charge is 0.388 e. The van der Waals surface area contributed by atoms with Gasteiger partial charge in [0.25, 0.3) is 0 Å². The van der Waals surface area contributed by atoms with Gasteiger partial charge in [0.15, 0.2) is 0 Å². The monoisotopic (exact) mass is 267 g/mol. The molecule has 2 rings (SSSR count). The van der Waals surface area contributed by atoms with Crippen LogP contribution >= 0.6 is 0 Å². The van der Waals surface area contributed by atoms with Gasteiger partial charge in [0.2, 0.25) is 0 Å². The third kappa shape index (κ3) is 3.75. The summed E-state index contributed by atoms with van der Waals surface area (Å²) in [7, 11) is 2.05. The molecule has 3 atom stereocenters. The second kappa shape index (κ2) is 6.46. The van der Waals surface area contributed by atoms with Gasteiger partial charge in [-0.2, -0.15) is 0 Å². The Kier molecular flexibility index (Phi) is 4.91. The van der Waals surface area contributed by atoms with Crippen LogP contribution in [-0.2, 0) is 4.74 Å².